The van der Waals surface area contributed by atoms with Crippen LogP contribution in [0.15, 0.2) is 30.3 Å². The van der Waals surface area contributed by atoms with Gasteiger partial charge in [-0.05, 0) is 41.6 Å². The quantitative estimate of drug-likeness (QED) is 0.718. The van der Waals surface area contributed by atoms with Gasteiger partial charge in [0.1, 0.15) is 6.04 Å². The highest BCUT2D eigenvalue weighted by molar-refractivity contribution is 7.90. The van der Waals surface area contributed by atoms with Crippen LogP contribution in [0, 0.1) is 22.2 Å². The van der Waals surface area contributed by atoms with Gasteiger partial charge < -0.3 is 0 Å². The summed E-state index contributed by atoms with van der Waals surface area (Å²) in [6.45, 7) is 10.5. The molecule has 4 atom stereocenters. The van der Waals surface area contributed by atoms with Crippen molar-refractivity contribution in [1.29, 1.82) is 0 Å². The molecule has 30 heavy (non-hydrogen) atoms. The maximum atomic E-state index is 13.7. The highest BCUT2D eigenvalue weighted by Gasteiger charge is 2.72. The van der Waals surface area contributed by atoms with E-state index in [-0.39, 0.29) is 28.5 Å². The Bertz CT molecular complexity index is 922. The first-order valence-electron chi connectivity index (χ1n) is 10.9. The number of nitrogens with one attached hydrogen (secondary N) is 1. The minimum absolute atomic E-state index is 0.0613. The molecule has 2 bridgehead atoms. The molecule has 1 amide bonds. The molecule has 0 aromatic heterocycles. The van der Waals surface area contributed by atoms with E-state index in [0.29, 0.717) is 12.5 Å². The minimum atomic E-state index is -3.65. The fourth-order valence-corrected chi connectivity index (χ4v) is 8.64. The minimum Gasteiger partial charge on any atom is -0.296 e. The van der Waals surface area contributed by atoms with Gasteiger partial charge in [0.2, 0.25) is 10.0 Å². The van der Waals surface area contributed by atoms with E-state index in [4.69, 9.17) is 4.84 Å². The number of rotatable bonds is 5. The van der Waals surface area contributed by atoms with Crippen molar-refractivity contribution in [3.05, 3.63) is 35.9 Å². The van der Waals surface area contributed by atoms with Crippen LogP contribution in [-0.2, 0) is 26.3 Å². The van der Waals surface area contributed by atoms with Gasteiger partial charge in [-0.25, -0.2) is 12.7 Å². The third-order valence-electron chi connectivity index (χ3n) is 8.02. The predicted octanol–water partition coefficient (Wildman–Crippen LogP) is 3.49. The summed E-state index contributed by atoms with van der Waals surface area (Å²) < 4.78 is 27.7. The van der Waals surface area contributed by atoms with E-state index in [1.54, 1.807) is 0 Å². The molecule has 1 aliphatic heterocycles. The average molecular weight is 435 g/mol. The monoisotopic (exact) mass is 434 g/mol. The van der Waals surface area contributed by atoms with Gasteiger partial charge in [0.25, 0.3) is 5.91 Å². The van der Waals surface area contributed by atoms with Gasteiger partial charge in [-0.15, -0.1) is 0 Å². The Labute approximate surface area is 180 Å². The largest absolute Gasteiger partial charge is 0.296 e. The lowest BCUT2D eigenvalue weighted by molar-refractivity contribution is -0.140. The summed E-state index contributed by atoms with van der Waals surface area (Å²) in [7, 11) is -3.65. The van der Waals surface area contributed by atoms with E-state index in [1.807, 2.05) is 51.1 Å². The molecular formula is C23H34N2O4S. The third kappa shape index (κ3) is 3.21. The van der Waals surface area contributed by atoms with Crippen LogP contribution < -0.4 is 5.48 Å². The van der Waals surface area contributed by atoms with E-state index in [1.165, 1.54) is 4.31 Å². The topological polar surface area (TPSA) is 75.7 Å². The molecule has 1 heterocycles. The summed E-state index contributed by atoms with van der Waals surface area (Å²) in [6.07, 6.45) is 2.72. The summed E-state index contributed by atoms with van der Waals surface area (Å²) in [5, 5.41) is 0. The second-order valence-electron chi connectivity index (χ2n) is 10.9. The van der Waals surface area contributed by atoms with Crippen LogP contribution in [0.1, 0.15) is 59.4 Å². The van der Waals surface area contributed by atoms with Crippen LogP contribution in [0.5, 0.6) is 0 Å². The van der Waals surface area contributed by atoms with Crippen LogP contribution >= 0.6 is 0 Å². The van der Waals surface area contributed by atoms with Crippen LogP contribution in [-0.4, -0.2) is 36.5 Å². The first-order chi connectivity index (χ1) is 13.9. The van der Waals surface area contributed by atoms with E-state index in [9.17, 15) is 13.2 Å². The van der Waals surface area contributed by atoms with Gasteiger partial charge >= 0.3 is 0 Å². The molecule has 1 aromatic rings. The molecule has 1 saturated heterocycles. The van der Waals surface area contributed by atoms with Crippen molar-refractivity contribution in [3.63, 3.8) is 0 Å². The van der Waals surface area contributed by atoms with Crippen molar-refractivity contribution in [2.24, 2.45) is 22.2 Å². The van der Waals surface area contributed by atoms with Gasteiger partial charge in [-0.3, -0.25) is 9.63 Å². The summed E-state index contributed by atoms with van der Waals surface area (Å²) >= 11 is 0. The zero-order valence-corrected chi connectivity index (χ0v) is 19.5. The lowest BCUT2D eigenvalue weighted by atomic mass is 9.69. The van der Waals surface area contributed by atoms with Crippen molar-refractivity contribution in [3.8, 4) is 0 Å². The van der Waals surface area contributed by atoms with Crippen molar-refractivity contribution in [1.82, 2.24) is 9.79 Å². The Morgan fingerprint density at radius 2 is 1.93 bits per heavy atom. The molecule has 1 N–H and O–H groups in total. The van der Waals surface area contributed by atoms with E-state index in [0.717, 1.165) is 24.8 Å². The summed E-state index contributed by atoms with van der Waals surface area (Å²) in [5.74, 6) is 0.172. The van der Waals surface area contributed by atoms with E-state index in [2.05, 4.69) is 19.3 Å². The average Bonchev–Trinajstić information content (AvgIpc) is 3.12. The molecule has 7 heteroatoms. The highest BCUT2D eigenvalue weighted by Crippen LogP contribution is 2.70. The van der Waals surface area contributed by atoms with Crippen molar-refractivity contribution in [2.75, 3.05) is 5.75 Å². The maximum Gasteiger partial charge on any atom is 0.256 e. The predicted molar refractivity (Wildman–Crippen MR) is 116 cm³/mol. The SMILES string of the molecule is CC(C)(C)[C@@H](NOCc1ccccc1)C(=O)N1[C@H]2CC3CC[C@]2(CS1(=O)=O)C3(C)C. The molecule has 1 aromatic carbocycles. The number of benzene rings is 1. The van der Waals surface area contributed by atoms with Crippen molar-refractivity contribution >= 4 is 15.9 Å². The Kier molecular flexibility index (Phi) is 5.11. The summed E-state index contributed by atoms with van der Waals surface area (Å²) in [6, 6.07) is 8.70. The number of carbonyl (C=O) groups is 1. The summed E-state index contributed by atoms with van der Waals surface area (Å²) in [5.41, 5.74) is 3.00. The zero-order valence-electron chi connectivity index (χ0n) is 18.6. The van der Waals surface area contributed by atoms with Gasteiger partial charge in [0.15, 0.2) is 0 Å². The number of carbonyl (C=O) groups excluding carboxylic acids is 1. The summed E-state index contributed by atoms with van der Waals surface area (Å²) in [4.78, 5) is 19.4. The van der Waals surface area contributed by atoms with Crippen molar-refractivity contribution < 1.29 is 18.0 Å². The molecule has 166 valence electrons. The van der Waals surface area contributed by atoms with Crippen LogP contribution in [0.25, 0.3) is 0 Å². The molecule has 3 fully saturated rings. The molecule has 2 aliphatic carbocycles. The molecular weight excluding hydrogens is 400 g/mol. The molecule has 1 unspecified atom stereocenters. The Morgan fingerprint density at radius 1 is 1.27 bits per heavy atom. The number of nitrogens with zero attached hydrogens (tertiary/aromatic N) is 1. The Morgan fingerprint density at radius 3 is 2.53 bits per heavy atom. The van der Waals surface area contributed by atoms with Gasteiger partial charge in [0.05, 0.1) is 18.4 Å². The molecule has 2 saturated carbocycles. The van der Waals surface area contributed by atoms with Gasteiger partial charge in [-0.2, -0.15) is 5.48 Å². The first kappa shape index (κ1) is 21.8. The Hall–Kier alpha value is -1.44. The van der Waals surface area contributed by atoms with E-state index >= 15 is 0 Å². The highest BCUT2D eigenvalue weighted by atomic mass is 32.2. The molecule has 3 aliphatic rings. The van der Waals surface area contributed by atoms with Crippen LogP contribution in [0.4, 0.5) is 0 Å². The number of hydrogen-bond acceptors (Lipinski definition) is 5. The van der Waals surface area contributed by atoms with Gasteiger partial charge in [0, 0.05) is 5.41 Å². The fraction of sp³-hybridized carbons (Fsp3) is 0.696. The maximum absolute atomic E-state index is 13.7. The standard InChI is InChI=1S/C23H34N2O4S/c1-21(2,3)19(24-29-14-16-9-7-6-8-10-16)20(26)25-18-13-17-11-12-23(18,22(17,4)5)15-30(25,27)28/h6-10,17-19,24H,11-15H2,1-5H3/t17?,18-,19-,23+/m0/s1. The van der Waals surface area contributed by atoms with Crippen LogP contribution in [0.2, 0.25) is 0 Å². The normalized spacial score (nSPS) is 32.2. The molecule has 4 rings (SSSR count). The number of sulfonamides is 1. The third-order valence-corrected chi connectivity index (χ3v) is 9.94. The Balaban J connectivity index is 1.57. The number of amides is 1. The second kappa shape index (κ2) is 7.04. The number of fused-ring (bicyclic) bond motifs is 1. The number of hydrogen-bond donors (Lipinski definition) is 1. The lowest BCUT2D eigenvalue weighted by Crippen LogP contribution is -2.56. The second-order valence-corrected chi connectivity index (χ2v) is 12.8. The molecule has 6 nitrogen and oxygen atoms in total. The zero-order chi connectivity index (χ0) is 21.9. The van der Waals surface area contributed by atoms with E-state index < -0.39 is 21.5 Å². The first-order valence-corrected chi connectivity index (χ1v) is 12.5. The lowest BCUT2D eigenvalue weighted by Gasteiger charge is -2.38. The van der Waals surface area contributed by atoms with Gasteiger partial charge in [-0.1, -0.05) is 65.0 Å². The molecule has 0 radical (unpaired) electrons. The molecule has 1 spiro atoms. The number of hydroxylamine groups is 1. The fourth-order valence-electron chi connectivity index (χ4n) is 6.09. The van der Waals surface area contributed by atoms with Crippen molar-refractivity contribution in [2.45, 2.75) is 72.6 Å². The smallest absolute Gasteiger partial charge is 0.256 e. The van der Waals surface area contributed by atoms with Crippen LogP contribution in [0.3, 0.4) is 0 Å².